The zero-order valence-electron chi connectivity index (χ0n) is 13.7. The Morgan fingerprint density at radius 3 is 2.60 bits per heavy atom. The van der Waals surface area contributed by atoms with E-state index in [9.17, 15) is 14.4 Å². The van der Waals surface area contributed by atoms with E-state index in [0.717, 1.165) is 0 Å². The minimum atomic E-state index is -0.451. The summed E-state index contributed by atoms with van der Waals surface area (Å²) in [6.45, 7) is -0.146. The van der Waals surface area contributed by atoms with E-state index in [4.69, 9.17) is 14.9 Å². The van der Waals surface area contributed by atoms with Crippen LogP contribution in [0.1, 0.15) is 5.76 Å². The number of carbonyl (C=O) groups excluding carboxylic acids is 2. The number of hydrogen-bond donors (Lipinski definition) is 2. The molecule has 0 bridgehead atoms. The number of nitrogens with two attached hydrogens (primary N) is 1. The van der Waals surface area contributed by atoms with Gasteiger partial charge in [-0.2, -0.15) is 0 Å². The normalized spacial score (nSPS) is 14.8. The van der Waals surface area contributed by atoms with Gasteiger partial charge in [0.2, 0.25) is 5.78 Å². The number of nitrogens with one attached hydrogen (secondary N) is 1. The number of Topliss-reactive ketones (excluding diaryl/α,β-unsaturated/α-hetero) is 1. The molecule has 1 aliphatic rings. The molecule has 0 radical (unpaired) electrons. The standard InChI is InChI=1S/C18H16N2O5/c1-20-12-6-13(21)11(8-19)17(18(12)23)16-7-14(22)10-4-3-9(24-2)5-15(10)25-16/h3-7,20H,8,19H2,1-2H3. The van der Waals surface area contributed by atoms with Crippen molar-refractivity contribution in [3.63, 3.8) is 0 Å². The fraction of sp³-hybridized carbons (Fsp3) is 0.167. The monoisotopic (exact) mass is 340 g/mol. The molecule has 0 amide bonds. The molecular weight excluding hydrogens is 324 g/mol. The van der Waals surface area contributed by atoms with E-state index in [1.165, 1.54) is 26.3 Å². The molecule has 7 heteroatoms. The Bertz CT molecular complexity index is 1010. The van der Waals surface area contributed by atoms with Crippen LogP contribution in [0.15, 0.2) is 50.8 Å². The maximum absolute atomic E-state index is 12.7. The summed E-state index contributed by atoms with van der Waals surface area (Å²) in [5.41, 5.74) is 5.80. The minimum Gasteiger partial charge on any atom is -0.497 e. The van der Waals surface area contributed by atoms with Gasteiger partial charge in [-0.25, -0.2) is 0 Å². The van der Waals surface area contributed by atoms with E-state index in [-0.39, 0.29) is 40.2 Å². The number of benzene rings is 1. The van der Waals surface area contributed by atoms with Crippen LogP contribution >= 0.6 is 0 Å². The summed E-state index contributed by atoms with van der Waals surface area (Å²) in [5.74, 6) is -0.337. The first-order chi connectivity index (χ1) is 12.0. The second-order valence-corrected chi connectivity index (χ2v) is 5.40. The van der Waals surface area contributed by atoms with E-state index in [1.807, 2.05) is 0 Å². The van der Waals surface area contributed by atoms with Crippen molar-refractivity contribution >= 4 is 28.1 Å². The summed E-state index contributed by atoms with van der Waals surface area (Å²) < 4.78 is 10.9. The molecule has 128 valence electrons. The molecule has 0 unspecified atom stereocenters. The average Bonchev–Trinajstić information content (AvgIpc) is 2.62. The number of fused-ring (bicyclic) bond motifs is 1. The van der Waals surface area contributed by atoms with Crippen LogP contribution in [0.2, 0.25) is 0 Å². The third-order valence-electron chi connectivity index (χ3n) is 4.00. The number of hydrogen-bond acceptors (Lipinski definition) is 7. The Kier molecular flexibility index (Phi) is 4.24. The largest absolute Gasteiger partial charge is 0.497 e. The molecule has 0 aliphatic heterocycles. The number of rotatable bonds is 4. The summed E-state index contributed by atoms with van der Waals surface area (Å²) in [6, 6.07) is 5.96. The lowest BCUT2D eigenvalue weighted by Crippen LogP contribution is -2.28. The van der Waals surface area contributed by atoms with E-state index in [0.29, 0.717) is 11.1 Å². The first-order valence-corrected chi connectivity index (χ1v) is 7.54. The van der Waals surface area contributed by atoms with Crippen molar-refractivity contribution in [3.8, 4) is 5.75 Å². The van der Waals surface area contributed by atoms with Gasteiger partial charge in [0.25, 0.3) is 0 Å². The van der Waals surface area contributed by atoms with Crippen LogP contribution in [0.25, 0.3) is 16.5 Å². The van der Waals surface area contributed by atoms with Gasteiger partial charge < -0.3 is 20.2 Å². The molecule has 3 rings (SSSR count). The zero-order chi connectivity index (χ0) is 18.1. The summed E-state index contributed by atoms with van der Waals surface area (Å²) in [6.07, 6.45) is 1.19. The fourth-order valence-electron chi connectivity index (χ4n) is 2.71. The van der Waals surface area contributed by atoms with Gasteiger partial charge in [0.05, 0.1) is 23.8 Å². The number of likely N-dealkylation sites (N-methyl/N-ethyl adjacent to an activating group) is 1. The van der Waals surface area contributed by atoms with Gasteiger partial charge in [0.1, 0.15) is 17.1 Å². The minimum absolute atomic E-state index is 0.00108. The molecule has 2 aromatic rings. The van der Waals surface area contributed by atoms with Gasteiger partial charge in [0, 0.05) is 37.4 Å². The van der Waals surface area contributed by atoms with E-state index in [2.05, 4.69) is 5.32 Å². The molecule has 0 fully saturated rings. The molecule has 1 aromatic carbocycles. The van der Waals surface area contributed by atoms with Crippen LogP contribution in [-0.4, -0.2) is 32.3 Å². The molecule has 7 nitrogen and oxygen atoms in total. The molecule has 25 heavy (non-hydrogen) atoms. The van der Waals surface area contributed by atoms with Crippen LogP contribution < -0.4 is 21.2 Å². The maximum Gasteiger partial charge on any atom is 0.213 e. The SMILES string of the molecule is CNC1=CC(=O)C(CN)=C(c2cc(=O)c3ccc(OC)cc3o2)C1=O. The van der Waals surface area contributed by atoms with Crippen LogP contribution in [-0.2, 0) is 9.59 Å². The number of ketones is 2. The van der Waals surface area contributed by atoms with Crippen LogP contribution in [0.4, 0.5) is 0 Å². The summed E-state index contributed by atoms with van der Waals surface area (Å²) in [5, 5.41) is 3.02. The third-order valence-corrected chi connectivity index (χ3v) is 4.00. The highest BCUT2D eigenvalue weighted by atomic mass is 16.5. The highest BCUT2D eigenvalue weighted by molar-refractivity contribution is 6.37. The Morgan fingerprint density at radius 2 is 1.96 bits per heavy atom. The second-order valence-electron chi connectivity index (χ2n) is 5.40. The smallest absolute Gasteiger partial charge is 0.213 e. The van der Waals surface area contributed by atoms with Crippen molar-refractivity contribution in [1.29, 1.82) is 0 Å². The summed E-state index contributed by atoms with van der Waals surface area (Å²) >= 11 is 0. The van der Waals surface area contributed by atoms with Gasteiger partial charge in [0.15, 0.2) is 11.2 Å². The molecule has 3 N–H and O–H groups in total. The Labute approximate surface area is 142 Å². The van der Waals surface area contributed by atoms with Crippen molar-refractivity contribution in [1.82, 2.24) is 5.32 Å². The van der Waals surface area contributed by atoms with E-state index >= 15 is 0 Å². The molecule has 1 aliphatic carbocycles. The third kappa shape index (κ3) is 2.74. The lowest BCUT2D eigenvalue weighted by atomic mass is 9.90. The maximum atomic E-state index is 12.7. The Morgan fingerprint density at radius 1 is 1.20 bits per heavy atom. The first-order valence-electron chi connectivity index (χ1n) is 7.54. The van der Waals surface area contributed by atoms with Crippen molar-refractivity contribution in [3.05, 3.63) is 57.6 Å². The van der Waals surface area contributed by atoms with Gasteiger partial charge >= 0.3 is 0 Å². The van der Waals surface area contributed by atoms with Crippen molar-refractivity contribution in [2.24, 2.45) is 5.73 Å². The predicted octanol–water partition coefficient (Wildman–Crippen LogP) is 0.769. The molecule has 1 heterocycles. The van der Waals surface area contributed by atoms with Gasteiger partial charge in [-0.15, -0.1) is 0 Å². The molecule has 0 saturated heterocycles. The highest BCUT2D eigenvalue weighted by Gasteiger charge is 2.30. The van der Waals surface area contributed by atoms with Gasteiger partial charge in [-0.3, -0.25) is 14.4 Å². The molecular formula is C18H16N2O5. The van der Waals surface area contributed by atoms with Crippen LogP contribution in [0, 0.1) is 0 Å². The quantitative estimate of drug-likeness (QED) is 0.791. The number of allylic oxidation sites excluding steroid dienone is 2. The van der Waals surface area contributed by atoms with E-state index < -0.39 is 11.6 Å². The topological polar surface area (TPSA) is 112 Å². The lowest BCUT2D eigenvalue weighted by molar-refractivity contribution is -0.114. The summed E-state index contributed by atoms with van der Waals surface area (Å²) in [7, 11) is 3.02. The van der Waals surface area contributed by atoms with Crippen molar-refractivity contribution in [2.45, 2.75) is 0 Å². The highest BCUT2D eigenvalue weighted by Crippen LogP contribution is 2.29. The first kappa shape index (κ1) is 16.7. The number of ether oxygens (including phenoxy) is 1. The fourth-order valence-corrected chi connectivity index (χ4v) is 2.71. The van der Waals surface area contributed by atoms with Crippen molar-refractivity contribution in [2.75, 3.05) is 20.7 Å². The van der Waals surface area contributed by atoms with Crippen LogP contribution in [0.3, 0.4) is 0 Å². The zero-order valence-corrected chi connectivity index (χ0v) is 13.7. The van der Waals surface area contributed by atoms with E-state index in [1.54, 1.807) is 18.2 Å². The predicted molar refractivity (Wildman–Crippen MR) is 92.2 cm³/mol. The molecule has 0 spiro atoms. The van der Waals surface area contributed by atoms with Gasteiger partial charge in [-0.1, -0.05) is 0 Å². The second kappa shape index (κ2) is 6.37. The Balaban J connectivity index is 2.28. The Hall–Kier alpha value is -3.19. The molecule has 1 aromatic heterocycles. The van der Waals surface area contributed by atoms with Gasteiger partial charge in [-0.05, 0) is 12.1 Å². The average molecular weight is 340 g/mol. The molecule has 0 saturated carbocycles. The lowest BCUT2D eigenvalue weighted by Gasteiger charge is -2.17. The summed E-state index contributed by atoms with van der Waals surface area (Å²) in [4.78, 5) is 37.3. The number of carbonyl (C=O) groups is 2. The van der Waals surface area contributed by atoms with Crippen molar-refractivity contribution < 1.29 is 18.7 Å². The van der Waals surface area contributed by atoms with Crippen LogP contribution in [0.5, 0.6) is 5.75 Å². The molecule has 0 atom stereocenters. The number of methoxy groups -OCH3 is 1.